The van der Waals surface area contributed by atoms with Crippen LogP contribution in [-0.2, 0) is 11.2 Å². The third-order valence-electron chi connectivity index (χ3n) is 3.66. The summed E-state index contributed by atoms with van der Waals surface area (Å²) in [6, 6.07) is 8.17. The van der Waals surface area contributed by atoms with Gasteiger partial charge in [-0.15, -0.1) is 30.6 Å². The van der Waals surface area contributed by atoms with Crippen molar-refractivity contribution in [3.05, 3.63) is 42.5 Å². The van der Waals surface area contributed by atoms with E-state index in [1.165, 1.54) is 5.56 Å². The quantitative estimate of drug-likeness (QED) is 0.211. The van der Waals surface area contributed by atoms with Crippen molar-refractivity contribution in [2.45, 2.75) is 32.2 Å². The molecule has 1 fully saturated rings. The van der Waals surface area contributed by atoms with E-state index in [0.717, 1.165) is 31.8 Å². The van der Waals surface area contributed by atoms with Gasteiger partial charge in [-0.2, -0.15) is 0 Å². The minimum absolute atomic E-state index is 0. The summed E-state index contributed by atoms with van der Waals surface area (Å²) in [4.78, 5) is 16.1. The molecular weight excluding hydrogens is 443 g/mol. The van der Waals surface area contributed by atoms with E-state index in [2.05, 4.69) is 27.5 Å². The van der Waals surface area contributed by atoms with Gasteiger partial charge >= 0.3 is 0 Å². The van der Waals surface area contributed by atoms with E-state index in [9.17, 15) is 4.79 Å². The number of hydrogen-bond donors (Lipinski definition) is 3. The lowest BCUT2D eigenvalue weighted by Crippen LogP contribution is -2.37. The normalized spacial score (nSPS) is 13.3. The molecular formula is C19H29IN4O2. The molecule has 0 bridgehead atoms. The van der Waals surface area contributed by atoms with Gasteiger partial charge in [-0.25, -0.2) is 0 Å². The van der Waals surface area contributed by atoms with E-state index in [1.54, 1.807) is 6.08 Å². The van der Waals surface area contributed by atoms with Crippen LogP contribution in [0.5, 0.6) is 5.75 Å². The van der Waals surface area contributed by atoms with Gasteiger partial charge in [-0.1, -0.05) is 18.2 Å². The van der Waals surface area contributed by atoms with Crippen molar-refractivity contribution in [2.75, 3.05) is 26.2 Å². The highest BCUT2D eigenvalue weighted by Gasteiger charge is 2.23. The lowest BCUT2D eigenvalue weighted by Gasteiger charge is -2.09. The third kappa shape index (κ3) is 9.07. The molecule has 144 valence electrons. The Kier molecular flexibility index (Phi) is 10.8. The summed E-state index contributed by atoms with van der Waals surface area (Å²) < 4.78 is 5.50. The maximum atomic E-state index is 11.6. The van der Waals surface area contributed by atoms with Crippen LogP contribution in [0.1, 0.15) is 25.3 Å². The van der Waals surface area contributed by atoms with Crippen molar-refractivity contribution in [1.82, 2.24) is 16.0 Å². The molecule has 0 atom stereocenters. The highest BCUT2D eigenvalue weighted by Crippen LogP contribution is 2.18. The molecule has 26 heavy (non-hydrogen) atoms. The number of nitrogens with one attached hydrogen (secondary N) is 3. The van der Waals surface area contributed by atoms with Crippen LogP contribution in [0.3, 0.4) is 0 Å². The van der Waals surface area contributed by atoms with Gasteiger partial charge in [0.15, 0.2) is 12.6 Å². The SMILES string of the molecule is C=CCNC(=NCCc1ccc(OCC(=O)NC2CC2)cc1)NCC.I. The molecule has 7 heteroatoms. The van der Waals surface area contributed by atoms with Gasteiger partial charge in [0.25, 0.3) is 5.91 Å². The molecule has 0 saturated heterocycles. The van der Waals surface area contributed by atoms with E-state index in [1.807, 2.05) is 31.2 Å². The van der Waals surface area contributed by atoms with Crippen LogP contribution in [0.15, 0.2) is 41.9 Å². The molecule has 1 saturated carbocycles. The fraction of sp³-hybridized carbons (Fsp3) is 0.474. The number of amides is 1. The number of carbonyl (C=O) groups is 1. The molecule has 1 aliphatic carbocycles. The Morgan fingerprint density at radius 3 is 2.65 bits per heavy atom. The second-order valence-electron chi connectivity index (χ2n) is 5.95. The van der Waals surface area contributed by atoms with Crippen molar-refractivity contribution in [1.29, 1.82) is 0 Å². The zero-order valence-electron chi connectivity index (χ0n) is 15.3. The monoisotopic (exact) mass is 472 g/mol. The van der Waals surface area contributed by atoms with Gasteiger partial charge in [0.1, 0.15) is 5.75 Å². The molecule has 0 unspecified atom stereocenters. The zero-order valence-corrected chi connectivity index (χ0v) is 17.6. The first-order valence-electron chi connectivity index (χ1n) is 8.85. The number of hydrogen-bond acceptors (Lipinski definition) is 3. The minimum Gasteiger partial charge on any atom is -0.484 e. The largest absolute Gasteiger partial charge is 0.484 e. The van der Waals surface area contributed by atoms with Gasteiger partial charge in [-0.05, 0) is 43.9 Å². The van der Waals surface area contributed by atoms with Gasteiger partial charge in [-0.3, -0.25) is 9.79 Å². The first-order valence-corrected chi connectivity index (χ1v) is 8.85. The van der Waals surface area contributed by atoms with Crippen LogP contribution >= 0.6 is 24.0 Å². The maximum Gasteiger partial charge on any atom is 0.258 e. The summed E-state index contributed by atoms with van der Waals surface area (Å²) in [6.45, 7) is 8.00. The summed E-state index contributed by atoms with van der Waals surface area (Å²) in [6.07, 6.45) is 4.81. The van der Waals surface area contributed by atoms with Gasteiger partial charge in [0.05, 0.1) is 0 Å². The second kappa shape index (κ2) is 12.6. The van der Waals surface area contributed by atoms with Gasteiger partial charge in [0.2, 0.25) is 0 Å². The number of nitrogens with zero attached hydrogens (tertiary/aromatic N) is 1. The summed E-state index contributed by atoms with van der Waals surface area (Å²) in [5.74, 6) is 1.45. The molecule has 1 amide bonds. The standard InChI is InChI=1S/C19H28N4O2.HI/c1-3-12-21-19(20-4-2)22-13-11-15-5-9-17(10-6-15)25-14-18(24)23-16-7-8-16;/h3,5-6,9-10,16H,1,4,7-8,11-14H2,2H3,(H,23,24)(H2,20,21,22);1H. The van der Waals surface area contributed by atoms with Gasteiger partial charge in [0, 0.05) is 25.7 Å². The third-order valence-corrected chi connectivity index (χ3v) is 3.66. The molecule has 1 aliphatic rings. The number of rotatable bonds is 10. The number of halogens is 1. The molecule has 1 aromatic carbocycles. The molecule has 0 spiro atoms. The van der Waals surface area contributed by atoms with E-state index < -0.39 is 0 Å². The molecule has 1 aromatic rings. The Labute approximate surface area is 172 Å². The van der Waals surface area contributed by atoms with Crippen molar-refractivity contribution >= 4 is 35.8 Å². The molecule has 0 aliphatic heterocycles. The topological polar surface area (TPSA) is 74.8 Å². The molecule has 6 nitrogen and oxygen atoms in total. The van der Waals surface area contributed by atoms with Crippen molar-refractivity contribution in [3.8, 4) is 5.75 Å². The lowest BCUT2D eigenvalue weighted by molar-refractivity contribution is -0.123. The second-order valence-corrected chi connectivity index (χ2v) is 5.95. The summed E-state index contributed by atoms with van der Waals surface area (Å²) in [5, 5.41) is 9.27. The molecule has 0 aromatic heterocycles. The highest BCUT2D eigenvalue weighted by molar-refractivity contribution is 14.0. The van der Waals surface area contributed by atoms with Crippen LogP contribution in [0, 0.1) is 0 Å². The van der Waals surface area contributed by atoms with Gasteiger partial charge < -0.3 is 20.7 Å². The minimum atomic E-state index is -0.0520. The molecule has 0 radical (unpaired) electrons. The van der Waals surface area contributed by atoms with E-state index in [4.69, 9.17) is 4.74 Å². The van der Waals surface area contributed by atoms with Crippen molar-refractivity contribution in [2.24, 2.45) is 4.99 Å². The van der Waals surface area contributed by atoms with Crippen molar-refractivity contribution in [3.63, 3.8) is 0 Å². The van der Waals surface area contributed by atoms with Crippen LogP contribution in [0.4, 0.5) is 0 Å². The summed E-state index contributed by atoms with van der Waals surface area (Å²) in [5.41, 5.74) is 1.18. The Balaban J connectivity index is 0.00000338. The molecule has 2 rings (SSSR count). The zero-order chi connectivity index (χ0) is 17.9. The predicted molar refractivity (Wildman–Crippen MR) is 116 cm³/mol. The van der Waals surface area contributed by atoms with Crippen molar-refractivity contribution < 1.29 is 9.53 Å². The van der Waals surface area contributed by atoms with Crippen LogP contribution in [-0.4, -0.2) is 44.1 Å². The summed E-state index contributed by atoms with van der Waals surface area (Å²) >= 11 is 0. The number of guanidine groups is 1. The average Bonchev–Trinajstić information content (AvgIpc) is 3.43. The molecule has 0 heterocycles. The predicted octanol–water partition coefficient (Wildman–Crippen LogP) is 2.25. The number of benzene rings is 1. The highest BCUT2D eigenvalue weighted by atomic mass is 127. The fourth-order valence-electron chi connectivity index (χ4n) is 2.21. The summed E-state index contributed by atoms with van der Waals surface area (Å²) in [7, 11) is 0. The van der Waals surface area contributed by atoms with E-state index >= 15 is 0 Å². The fourth-order valence-corrected chi connectivity index (χ4v) is 2.21. The lowest BCUT2D eigenvalue weighted by atomic mass is 10.1. The first-order chi connectivity index (χ1) is 12.2. The number of carbonyl (C=O) groups excluding carboxylic acids is 1. The Morgan fingerprint density at radius 2 is 2.04 bits per heavy atom. The maximum absolute atomic E-state index is 11.6. The Bertz CT molecular complexity index is 586. The number of ether oxygens (including phenoxy) is 1. The average molecular weight is 472 g/mol. The first kappa shape index (κ1) is 22.3. The Morgan fingerprint density at radius 1 is 1.31 bits per heavy atom. The van der Waals surface area contributed by atoms with Crippen LogP contribution in [0.2, 0.25) is 0 Å². The Hall–Kier alpha value is -1.77. The number of aliphatic imine (C=N–C) groups is 1. The van der Waals surface area contributed by atoms with Crippen LogP contribution in [0.25, 0.3) is 0 Å². The smallest absolute Gasteiger partial charge is 0.258 e. The van der Waals surface area contributed by atoms with E-state index in [0.29, 0.717) is 24.9 Å². The van der Waals surface area contributed by atoms with E-state index in [-0.39, 0.29) is 36.5 Å². The van der Waals surface area contributed by atoms with Crippen LogP contribution < -0.4 is 20.7 Å². The molecule has 3 N–H and O–H groups in total.